The van der Waals surface area contributed by atoms with Crippen LogP contribution in [-0.4, -0.2) is 63.3 Å². The van der Waals surface area contributed by atoms with Gasteiger partial charge in [0.1, 0.15) is 0 Å². The smallest absolute Gasteiger partial charge is 0.310 e. The van der Waals surface area contributed by atoms with Crippen LogP contribution in [0, 0.1) is 11.8 Å². The van der Waals surface area contributed by atoms with E-state index in [1.54, 1.807) is 0 Å². The van der Waals surface area contributed by atoms with Gasteiger partial charge < -0.3 is 19.7 Å². The number of esters is 1. The van der Waals surface area contributed by atoms with Gasteiger partial charge in [-0.25, -0.2) is 0 Å². The summed E-state index contributed by atoms with van der Waals surface area (Å²) in [5.41, 5.74) is 1.13. The van der Waals surface area contributed by atoms with Crippen molar-refractivity contribution in [3.63, 3.8) is 0 Å². The molecule has 1 N–H and O–H groups in total. The number of nitrogens with zero attached hydrogens (tertiary/aromatic N) is 2. The van der Waals surface area contributed by atoms with E-state index < -0.39 is 0 Å². The molecule has 3 rings (SSSR count). The van der Waals surface area contributed by atoms with E-state index in [-0.39, 0.29) is 47.2 Å². The molecule has 0 radical (unpaired) electrons. The number of ether oxygens (including phenoxy) is 2. The molecule has 1 aromatic carbocycles. The normalized spacial score (nSPS) is 23.6. The largest absolute Gasteiger partial charge is 0.469 e. The van der Waals surface area contributed by atoms with E-state index in [1.807, 2.05) is 12.1 Å². The van der Waals surface area contributed by atoms with E-state index in [4.69, 9.17) is 26.1 Å². The van der Waals surface area contributed by atoms with Crippen LogP contribution in [0.5, 0.6) is 0 Å². The molecule has 168 valence electrons. The van der Waals surface area contributed by atoms with Gasteiger partial charge in [0, 0.05) is 43.3 Å². The fourth-order valence-electron chi connectivity index (χ4n) is 4.37. The van der Waals surface area contributed by atoms with E-state index >= 15 is 0 Å². The molecule has 1 aromatic rings. The maximum atomic E-state index is 12.1. The highest BCUT2D eigenvalue weighted by molar-refractivity contribution is 14.0. The SMILES string of the molecule is CCNC(=NCC1(c2cccc(Cl)c2)CCOCC1)N1CC(C)C(C(=O)OC)C1.I. The lowest BCUT2D eigenvalue weighted by atomic mass is 9.74. The molecule has 2 atom stereocenters. The molecule has 0 aliphatic carbocycles. The molecule has 0 saturated carbocycles. The molecule has 0 bridgehead atoms. The molecule has 6 nitrogen and oxygen atoms in total. The fourth-order valence-corrected chi connectivity index (χ4v) is 4.56. The quantitative estimate of drug-likeness (QED) is 0.263. The Labute approximate surface area is 201 Å². The van der Waals surface area contributed by atoms with Crippen LogP contribution in [-0.2, 0) is 19.7 Å². The van der Waals surface area contributed by atoms with Crippen LogP contribution in [0.2, 0.25) is 5.02 Å². The summed E-state index contributed by atoms with van der Waals surface area (Å²) >= 11 is 6.29. The van der Waals surface area contributed by atoms with Crippen LogP contribution in [0.15, 0.2) is 29.3 Å². The summed E-state index contributed by atoms with van der Waals surface area (Å²) in [6, 6.07) is 8.11. The Morgan fingerprint density at radius 3 is 2.73 bits per heavy atom. The number of carbonyl (C=O) groups is 1. The number of guanidine groups is 1. The van der Waals surface area contributed by atoms with Crippen LogP contribution < -0.4 is 5.32 Å². The zero-order valence-corrected chi connectivity index (χ0v) is 21.1. The Bertz CT molecular complexity index is 740. The minimum atomic E-state index is -0.143. The topological polar surface area (TPSA) is 63.2 Å². The first kappa shape index (κ1) is 25.2. The number of benzene rings is 1. The molecular weight excluding hydrogens is 517 g/mol. The Hall–Kier alpha value is -1.06. The predicted molar refractivity (Wildman–Crippen MR) is 131 cm³/mol. The molecule has 2 saturated heterocycles. The maximum Gasteiger partial charge on any atom is 0.310 e. The van der Waals surface area contributed by atoms with Gasteiger partial charge in [-0.15, -0.1) is 24.0 Å². The number of rotatable bonds is 5. The molecule has 2 fully saturated rings. The van der Waals surface area contributed by atoms with Gasteiger partial charge in [-0.3, -0.25) is 9.79 Å². The van der Waals surface area contributed by atoms with Crippen LogP contribution >= 0.6 is 35.6 Å². The maximum absolute atomic E-state index is 12.1. The molecule has 30 heavy (non-hydrogen) atoms. The second-order valence-corrected chi connectivity index (χ2v) is 8.52. The summed E-state index contributed by atoms with van der Waals surface area (Å²) in [5, 5.41) is 4.16. The van der Waals surface area contributed by atoms with Gasteiger partial charge in [0.15, 0.2) is 5.96 Å². The molecule has 0 aromatic heterocycles. The second kappa shape index (κ2) is 11.5. The minimum Gasteiger partial charge on any atom is -0.469 e. The molecule has 0 amide bonds. The lowest BCUT2D eigenvalue weighted by Crippen LogP contribution is -2.43. The summed E-state index contributed by atoms with van der Waals surface area (Å²) in [6.45, 7) is 8.47. The van der Waals surface area contributed by atoms with Gasteiger partial charge in [0.05, 0.1) is 19.6 Å². The highest BCUT2D eigenvalue weighted by Gasteiger charge is 2.38. The van der Waals surface area contributed by atoms with Crippen molar-refractivity contribution in [3.05, 3.63) is 34.9 Å². The third-order valence-electron chi connectivity index (χ3n) is 6.17. The van der Waals surface area contributed by atoms with Crippen molar-refractivity contribution in [1.29, 1.82) is 0 Å². The van der Waals surface area contributed by atoms with Crippen molar-refractivity contribution in [2.75, 3.05) is 46.5 Å². The van der Waals surface area contributed by atoms with Gasteiger partial charge in [-0.1, -0.05) is 30.7 Å². The van der Waals surface area contributed by atoms with Crippen molar-refractivity contribution in [2.24, 2.45) is 16.8 Å². The standard InChI is InChI=1S/C22H32ClN3O3.HI/c1-4-24-21(26-13-16(2)19(14-26)20(27)28-3)25-15-22(8-10-29-11-9-22)17-6-5-7-18(23)12-17;/h5-7,12,16,19H,4,8-11,13-15H2,1-3H3,(H,24,25);1H. The highest BCUT2D eigenvalue weighted by Crippen LogP contribution is 2.36. The lowest BCUT2D eigenvalue weighted by molar-refractivity contribution is -0.145. The zero-order chi connectivity index (χ0) is 20.9. The molecule has 2 unspecified atom stereocenters. The summed E-state index contributed by atoms with van der Waals surface area (Å²) in [7, 11) is 1.46. The average molecular weight is 550 g/mol. The molecule has 2 aliphatic rings. The van der Waals surface area contributed by atoms with Gasteiger partial charge in [0.25, 0.3) is 0 Å². The van der Waals surface area contributed by atoms with Crippen molar-refractivity contribution in [2.45, 2.75) is 32.1 Å². The number of aliphatic imine (C=N–C) groups is 1. The summed E-state index contributed by atoms with van der Waals surface area (Å²) in [6.07, 6.45) is 1.83. The summed E-state index contributed by atoms with van der Waals surface area (Å²) in [5.74, 6) is 0.833. The molecule has 2 heterocycles. The minimum absolute atomic E-state index is 0. The van der Waals surface area contributed by atoms with Gasteiger partial charge in [-0.05, 0) is 43.4 Å². The van der Waals surface area contributed by atoms with Crippen molar-refractivity contribution in [3.8, 4) is 0 Å². The number of hydrogen-bond donors (Lipinski definition) is 1. The molecule has 2 aliphatic heterocycles. The first-order chi connectivity index (χ1) is 14.0. The number of halogens is 2. The van der Waals surface area contributed by atoms with E-state index in [2.05, 4.69) is 36.2 Å². The molecular formula is C22H33ClIN3O3. The Morgan fingerprint density at radius 2 is 2.10 bits per heavy atom. The molecule has 0 spiro atoms. The van der Waals surface area contributed by atoms with Crippen LogP contribution in [0.25, 0.3) is 0 Å². The third kappa shape index (κ3) is 5.79. The first-order valence-electron chi connectivity index (χ1n) is 10.4. The Morgan fingerprint density at radius 1 is 1.37 bits per heavy atom. The van der Waals surface area contributed by atoms with Crippen molar-refractivity contribution < 1.29 is 14.3 Å². The van der Waals surface area contributed by atoms with E-state index in [0.29, 0.717) is 13.1 Å². The number of nitrogens with one attached hydrogen (secondary N) is 1. The van der Waals surface area contributed by atoms with E-state index in [9.17, 15) is 4.79 Å². The zero-order valence-electron chi connectivity index (χ0n) is 18.0. The van der Waals surface area contributed by atoms with Crippen molar-refractivity contribution in [1.82, 2.24) is 10.2 Å². The van der Waals surface area contributed by atoms with E-state index in [0.717, 1.165) is 50.1 Å². The third-order valence-corrected chi connectivity index (χ3v) is 6.40. The van der Waals surface area contributed by atoms with Gasteiger partial charge in [-0.2, -0.15) is 0 Å². The molecule has 8 heteroatoms. The first-order valence-corrected chi connectivity index (χ1v) is 10.8. The Balaban J connectivity index is 0.00000320. The summed E-state index contributed by atoms with van der Waals surface area (Å²) < 4.78 is 10.6. The number of methoxy groups -OCH3 is 1. The fraction of sp³-hybridized carbons (Fsp3) is 0.636. The van der Waals surface area contributed by atoms with Crippen molar-refractivity contribution >= 4 is 47.5 Å². The number of carbonyl (C=O) groups excluding carboxylic acids is 1. The van der Waals surface area contributed by atoms with Crippen LogP contribution in [0.3, 0.4) is 0 Å². The summed E-state index contributed by atoms with van der Waals surface area (Å²) in [4.78, 5) is 19.3. The average Bonchev–Trinajstić information content (AvgIpc) is 3.12. The van der Waals surface area contributed by atoms with Gasteiger partial charge in [0.2, 0.25) is 0 Å². The Kier molecular flexibility index (Phi) is 9.68. The lowest BCUT2D eigenvalue weighted by Gasteiger charge is -2.37. The van der Waals surface area contributed by atoms with Gasteiger partial charge >= 0.3 is 5.97 Å². The van der Waals surface area contributed by atoms with E-state index in [1.165, 1.54) is 12.7 Å². The van der Waals surface area contributed by atoms with Crippen LogP contribution in [0.4, 0.5) is 0 Å². The highest BCUT2D eigenvalue weighted by atomic mass is 127. The van der Waals surface area contributed by atoms with Crippen LogP contribution in [0.1, 0.15) is 32.3 Å². The monoisotopic (exact) mass is 549 g/mol. The number of likely N-dealkylation sites (tertiary alicyclic amines) is 1. The second-order valence-electron chi connectivity index (χ2n) is 8.09. The predicted octanol–water partition coefficient (Wildman–Crippen LogP) is 3.71. The number of hydrogen-bond acceptors (Lipinski definition) is 4.